The summed E-state index contributed by atoms with van der Waals surface area (Å²) in [5.74, 6) is 0. The van der Waals surface area contributed by atoms with E-state index < -0.39 is 0 Å². The van der Waals surface area contributed by atoms with E-state index in [1.54, 1.807) is 0 Å². The highest BCUT2D eigenvalue weighted by Crippen LogP contribution is 2.19. The predicted molar refractivity (Wildman–Crippen MR) is 76.6 cm³/mol. The zero-order chi connectivity index (χ0) is 13.0. The summed E-state index contributed by atoms with van der Waals surface area (Å²) in [5, 5.41) is 15.4. The summed E-state index contributed by atoms with van der Waals surface area (Å²) in [4.78, 5) is 0. The summed E-state index contributed by atoms with van der Waals surface area (Å²) in [5.41, 5.74) is 1.08. The highest BCUT2D eigenvalue weighted by Gasteiger charge is 2.19. The first-order valence-electron chi connectivity index (χ1n) is 6.51. The van der Waals surface area contributed by atoms with Crippen molar-refractivity contribution in [3.8, 4) is 0 Å². The summed E-state index contributed by atoms with van der Waals surface area (Å²) in [6, 6.07) is 14.8. The first kappa shape index (κ1) is 13.1. The Morgan fingerprint density at radius 2 is 1.83 bits per heavy atom. The molecule has 0 amide bonds. The number of benzene rings is 2. The Bertz CT molecular complexity index is 512. The molecule has 2 heteroatoms. The van der Waals surface area contributed by atoms with Gasteiger partial charge in [-0.05, 0) is 29.7 Å². The fourth-order valence-corrected chi connectivity index (χ4v) is 2.05. The Hall–Kier alpha value is -1.38. The molecule has 0 bridgehead atoms. The van der Waals surface area contributed by atoms with E-state index in [2.05, 4.69) is 61.6 Å². The first-order chi connectivity index (χ1) is 8.68. The van der Waals surface area contributed by atoms with Crippen molar-refractivity contribution in [2.45, 2.75) is 32.4 Å². The lowest BCUT2D eigenvalue weighted by Crippen LogP contribution is -2.44. The number of nitrogens with one attached hydrogen (secondary N) is 1. The minimum Gasteiger partial charge on any atom is -0.394 e. The van der Waals surface area contributed by atoms with Crippen LogP contribution in [0, 0.1) is 0 Å². The van der Waals surface area contributed by atoms with Gasteiger partial charge in [-0.1, -0.05) is 49.4 Å². The highest BCUT2D eigenvalue weighted by atomic mass is 16.3. The van der Waals surface area contributed by atoms with Crippen molar-refractivity contribution < 1.29 is 5.11 Å². The molecular weight excluding hydrogens is 222 g/mol. The lowest BCUT2D eigenvalue weighted by atomic mass is 9.98. The quantitative estimate of drug-likeness (QED) is 0.845. The average Bonchev–Trinajstić information content (AvgIpc) is 2.44. The molecule has 2 rings (SSSR count). The normalized spacial score (nSPS) is 14.6. The second kappa shape index (κ2) is 5.51. The number of aliphatic hydroxyl groups is 1. The molecular formula is C16H21NO. The predicted octanol–water partition coefficient (Wildman–Crippen LogP) is 3.09. The van der Waals surface area contributed by atoms with Crippen molar-refractivity contribution in [3.05, 3.63) is 48.0 Å². The SMILES string of the molecule is CCC(C)(CO)NCc1cccc2ccccc12. The topological polar surface area (TPSA) is 32.3 Å². The van der Waals surface area contributed by atoms with Crippen molar-refractivity contribution in [1.82, 2.24) is 5.32 Å². The van der Waals surface area contributed by atoms with Gasteiger partial charge < -0.3 is 10.4 Å². The summed E-state index contributed by atoms with van der Waals surface area (Å²) in [6.45, 7) is 5.09. The average molecular weight is 243 g/mol. The maximum absolute atomic E-state index is 9.41. The fraction of sp³-hybridized carbons (Fsp3) is 0.375. The summed E-state index contributed by atoms with van der Waals surface area (Å²) < 4.78 is 0. The second-order valence-corrected chi connectivity index (χ2v) is 5.06. The van der Waals surface area contributed by atoms with Crippen LogP contribution in [-0.4, -0.2) is 17.3 Å². The van der Waals surface area contributed by atoms with Crippen LogP contribution in [0.4, 0.5) is 0 Å². The van der Waals surface area contributed by atoms with Gasteiger partial charge in [0.05, 0.1) is 6.61 Å². The van der Waals surface area contributed by atoms with E-state index in [4.69, 9.17) is 0 Å². The molecule has 2 N–H and O–H groups in total. The standard InChI is InChI=1S/C16H21NO/c1-3-16(2,12-18)17-11-14-9-6-8-13-7-4-5-10-15(13)14/h4-10,17-18H,3,11-12H2,1-2H3. The molecule has 2 nitrogen and oxygen atoms in total. The van der Waals surface area contributed by atoms with Gasteiger partial charge >= 0.3 is 0 Å². The van der Waals surface area contributed by atoms with Crippen LogP contribution in [0.3, 0.4) is 0 Å². The van der Waals surface area contributed by atoms with E-state index in [1.165, 1.54) is 16.3 Å². The summed E-state index contributed by atoms with van der Waals surface area (Å²) >= 11 is 0. The van der Waals surface area contributed by atoms with Crippen LogP contribution in [-0.2, 0) is 6.54 Å². The third-order valence-electron chi connectivity index (χ3n) is 3.71. The van der Waals surface area contributed by atoms with Gasteiger partial charge in [-0.2, -0.15) is 0 Å². The second-order valence-electron chi connectivity index (χ2n) is 5.06. The Kier molecular flexibility index (Phi) is 4.00. The third kappa shape index (κ3) is 2.71. The minimum absolute atomic E-state index is 0.161. The maximum Gasteiger partial charge on any atom is 0.0610 e. The smallest absolute Gasteiger partial charge is 0.0610 e. The van der Waals surface area contributed by atoms with Gasteiger partial charge in [0.2, 0.25) is 0 Å². The molecule has 1 atom stereocenters. The monoisotopic (exact) mass is 243 g/mol. The van der Waals surface area contributed by atoms with Crippen molar-refractivity contribution in [2.75, 3.05) is 6.61 Å². The number of aliphatic hydroxyl groups excluding tert-OH is 1. The van der Waals surface area contributed by atoms with Crippen LogP contribution in [0.2, 0.25) is 0 Å². The number of fused-ring (bicyclic) bond motifs is 1. The van der Waals surface area contributed by atoms with E-state index in [-0.39, 0.29) is 12.1 Å². The van der Waals surface area contributed by atoms with Gasteiger partial charge in [0, 0.05) is 12.1 Å². The van der Waals surface area contributed by atoms with E-state index in [1.807, 2.05) is 0 Å². The molecule has 2 aromatic rings. The van der Waals surface area contributed by atoms with Crippen LogP contribution in [0.5, 0.6) is 0 Å². The number of hydrogen-bond acceptors (Lipinski definition) is 2. The minimum atomic E-state index is -0.197. The number of hydrogen-bond donors (Lipinski definition) is 2. The molecule has 0 spiro atoms. The molecule has 2 aromatic carbocycles. The van der Waals surface area contributed by atoms with E-state index in [0.717, 1.165) is 13.0 Å². The van der Waals surface area contributed by atoms with Crippen molar-refractivity contribution in [2.24, 2.45) is 0 Å². The molecule has 0 aliphatic heterocycles. The lowest BCUT2D eigenvalue weighted by molar-refractivity contribution is 0.169. The van der Waals surface area contributed by atoms with Crippen molar-refractivity contribution in [1.29, 1.82) is 0 Å². The summed E-state index contributed by atoms with van der Waals surface area (Å²) in [6.07, 6.45) is 0.911. The molecule has 0 radical (unpaired) electrons. The maximum atomic E-state index is 9.41. The molecule has 96 valence electrons. The molecule has 0 saturated carbocycles. The van der Waals surface area contributed by atoms with Gasteiger partial charge in [0.1, 0.15) is 0 Å². The zero-order valence-corrected chi connectivity index (χ0v) is 11.1. The van der Waals surface area contributed by atoms with Crippen molar-refractivity contribution >= 4 is 10.8 Å². The molecule has 0 fully saturated rings. The van der Waals surface area contributed by atoms with Gasteiger partial charge in [-0.25, -0.2) is 0 Å². The molecule has 1 unspecified atom stereocenters. The lowest BCUT2D eigenvalue weighted by Gasteiger charge is -2.27. The molecule has 0 aliphatic carbocycles. The Morgan fingerprint density at radius 3 is 2.56 bits per heavy atom. The Morgan fingerprint density at radius 1 is 1.11 bits per heavy atom. The van der Waals surface area contributed by atoms with E-state index in [9.17, 15) is 5.11 Å². The first-order valence-corrected chi connectivity index (χ1v) is 6.51. The van der Waals surface area contributed by atoms with Crippen molar-refractivity contribution in [3.63, 3.8) is 0 Å². The van der Waals surface area contributed by atoms with Crippen LogP contribution in [0.1, 0.15) is 25.8 Å². The van der Waals surface area contributed by atoms with Crippen LogP contribution >= 0.6 is 0 Å². The highest BCUT2D eigenvalue weighted by molar-refractivity contribution is 5.85. The van der Waals surface area contributed by atoms with E-state index >= 15 is 0 Å². The molecule has 0 heterocycles. The Labute approximate surface area is 109 Å². The molecule has 0 saturated heterocycles. The fourth-order valence-electron chi connectivity index (χ4n) is 2.05. The molecule has 0 aliphatic rings. The molecule has 0 aromatic heterocycles. The van der Waals surface area contributed by atoms with Gasteiger partial charge in [-0.15, -0.1) is 0 Å². The van der Waals surface area contributed by atoms with Gasteiger partial charge in [-0.3, -0.25) is 0 Å². The van der Waals surface area contributed by atoms with Gasteiger partial charge in [0.25, 0.3) is 0 Å². The van der Waals surface area contributed by atoms with Crippen LogP contribution in [0.25, 0.3) is 10.8 Å². The van der Waals surface area contributed by atoms with Gasteiger partial charge in [0.15, 0.2) is 0 Å². The number of rotatable bonds is 5. The van der Waals surface area contributed by atoms with E-state index in [0.29, 0.717) is 0 Å². The third-order valence-corrected chi connectivity index (χ3v) is 3.71. The largest absolute Gasteiger partial charge is 0.394 e. The Balaban J connectivity index is 2.22. The zero-order valence-electron chi connectivity index (χ0n) is 11.1. The van der Waals surface area contributed by atoms with Crippen LogP contribution < -0.4 is 5.32 Å². The molecule has 18 heavy (non-hydrogen) atoms. The van der Waals surface area contributed by atoms with Crippen LogP contribution in [0.15, 0.2) is 42.5 Å². The summed E-state index contributed by atoms with van der Waals surface area (Å²) in [7, 11) is 0.